The predicted octanol–water partition coefficient (Wildman–Crippen LogP) is 10.3. The normalized spacial score (nSPS) is 11.5. The number of unbranched alkanes of at least 4 members (excludes halogenated alkanes) is 1. The highest BCUT2D eigenvalue weighted by Gasteiger charge is 2.08. The Kier molecular flexibility index (Phi) is 9.56. The second kappa shape index (κ2) is 12.8. The number of thiol groups is 1. The van der Waals surface area contributed by atoms with E-state index in [0.29, 0.717) is 0 Å². The SMILES string of the molecule is Cc1ccc(N=Nc2ccc(CSc3ccc(-c4ccc(SCCCCS)s4)s3)cc2)cc1. The molecule has 170 valence electrons. The largest absolute Gasteiger partial charge is 0.179 e. The molecule has 4 rings (SSSR count). The summed E-state index contributed by atoms with van der Waals surface area (Å²) in [5.74, 6) is 3.11. The van der Waals surface area contributed by atoms with E-state index in [9.17, 15) is 0 Å². The molecule has 0 saturated carbocycles. The van der Waals surface area contributed by atoms with E-state index in [0.717, 1.165) is 22.9 Å². The first-order valence-electron chi connectivity index (χ1n) is 10.8. The van der Waals surface area contributed by atoms with E-state index < -0.39 is 0 Å². The first-order valence-corrected chi connectivity index (χ1v) is 15.1. The molecule has 2 nitrogen and oxygen atoms in total. The van der Waals surface area contributed by atoms with Gasteiger partial charge in [0, 0.05) is 15.5 Å². The molecule has 2 heterocycles. The van der Waals surface area contributed by atoms with E-state index in [-0.39, 0.29) is 0 Å². The molecule has 0 atom stereocenters. The maximum atomic E-state index is 4.35. The molecule has 0 radical (unpaired) electrons. The van der Waals surface area contributed by atoms with Crippen LogP contribution in [-0.2, 0) is 5.75 Å². The van der Waals surface area contributed by atoms with Crippen molar-refractivity contribution in [1.82, 2.24) is 0 Å². The molecule has 0 N–H and O–H groups in total. The first-order chi connectivity index (χ1) is 16.2. The molecule has 2 aromatic carbocycles. The number of hydrogen-bond acceptors (Lipinski definition) is 7. The Morgan fingerprint density at radius 2 is 1.27 bits per heavy atom. The molecule has 0 spiro atoms. The molecule has 4 aromatic rings. The van der Waals surface area contributed by atoms with E-state index in [4.69, 9.17) is 0 Å². The molecule has 0 amide bonds. The fourth-order valence-electron chi connectivity index (χ4n) is 2.99. The first kappa shape index (κ1) is 24.6. The fourth-order valence-corrected chi connectivity index (χ4v) is 7.59. The summed E-state index contributed by atoms with van der Waals surface area (Å²) >= 11 is 11.9. The molecule has 0 unspecified atom stereocenters. The van der Waals surface area contributed by atoms with Crippen LogP contribution in [0.15, 0.2) is 91.4 Å². The van der Waals surface area contributed by atoms with E-state index in [1.165, 1.54) is 47.9 Å². The number of benzene rings is 2. The molecule has 0 bridgehead atoms. The second-order valence-corrected chi connectivity index (χ2v) is 12.8. The van der Waals surface area contributed by atoms with Gasteiger partial charge in [0.1, 0.15) is 0 Å². The zero-order chi connectivity index (χ0) is 22.9. The highest BCUT2D eigenvalue weighted by molar-refractivity contribution is 8.01. The topological polar surface area (TPSA) is 24.7 Å². The van der Waals surface area contributed by atoms with Crippen molar-refractivity contribution in [1.29, 1.82) is 0 Å². The minimum absolute atomic E-state index is 0.874. The lowest BCUT2D eigenvalue weighted by atomic mass is 10.2. The number of thioether (sulfide) groups is 2. The third-order valence-electron chi connectivity index (χ3n) is 4.83. The quantitative estimate of drug-likeness (QED) is 0.0910. The van der Waals surface area contributed by atoms with Crippen molar-refractivity contribution in [3.63, 3.8) is 0 Å². The van der Waals surface area contributed by atoms with Gasteiger partial charge in [-0.05, 0) is 85.4 Å². The van der Waals surface area contributed by atoms with Crippen molar-refractivity contribution in [3.05, 3.63) is 83.9 Å². The Hall–Kier alpha value is -1.51. The summed E-state index contributed by atoms with van der Waals surface area (Å²) in [7, 11) is 0. The van der Waals surface area contributed by atoms with Crippen molar-refractivity contribution in [2.45, 2.75) is 33.9 Å². The van der Waals surface area contributed by atoms with Crippen molar-refractivity contribution >= 4 is 70.2 Å². The highest BCUT2D eigenvalue weighted by Crippen LogP contribution is 2.40. The van der Waals surface area contributed by atoms with Gasteiger partial charge >= 0.3 is 0 Å². The van der Waals surface area contributed by atoms with Gasteiger partial charge in [-0.25, -0.2) is 0 Å². The van der Waals surface area contributed by atoms with Crippen LogP contribution in [-0.4, -0.2) is 11.5 Å². The van der Waals surface area contributed by atoms with Crippen LogP contribution in [0, 0.1) is 6.92 Å². The zero-order valence-electron chi connectivity index (χ0n) is 18.4. The van der Waals surface area contributed by atoms with Crippen LogP contribution in [0.1, 0.15) is 24.0 Å². The van der Waals surface area contributed by atoms with Crippen molar-refractivity contribution in [3.8, 4) is 9.75 Å². The average Bonchev–Trinajstić information content (AvgIpc) is 3.50. The Balaban J connectivity index is 1.28. The predicted molar refractivity (Wildman–Crippen MR) is 153 cm³/mol. The number of hydrogen-bond donors (Lipinski definition) is 1. The van der Waals surface area contributed by atoms with E-state index >= 15 is 0 Å². The zero-order valence-corrected chi connectivity index (χ0v) is 22.6. The van der Waals surface area contributed by atoms with Crippen LogP contribution < -0.4 is 0 Å². The third-order valence-corrected chi connectivity index (χ3v) is 10.1. The van der Waals surface area contributed by atoms with Gasteiger partial charge in [-0.15, -0.1) is 46.2 Å². The van der Waals surface area contributed by atoms with Crippen LogP contribution in [0.2, 0.25) is 0 Å². The van der Waals surface area contributed by atoms with Crippen LogP contribution in [0.5, 0.6) is 0 Å². The molecule has 33 heavy (non-hydrogen) atoms. The summed E-state index contributed by atoms with van der Waals surface area (Å²) < 4.78 is 2.76. The van der Waals surface area contributed by atoms with Crippen molar-refractivity contribution in [2.24, 2.45) is 10.2 Å². The van der Waals surface area contributed by atoms with Gasteiger partial charge in [0.15, 0.2) is 0 Å². The van der Waals surface area contributed by atoms with Gasteiger partial charge in [-0.1, -0.05) is 29.8 Å². The summed E-state index contributed by atoms with van der Waals surface area (Å²) in [5.41, 5.74) is 4.27. The summed E-state index contributed by atoms with van der Waals surface area (Å²) in [6.45, 7) is 2.07. The van der Waals surface area contributed by atoms with Gasteiger partial charge in [0.25, 0.3) is 0 Å². The number of aryl methyl sites for hydroxylation is 1. The number of nitrogens with zero attached hydrogens (tertiary/aromatic N) is 2. The number of azo groups is 1. The summed E-state index contributed by atoms with van der Waals surface area (Å²) in [6, 6.07) is 25.4. The Bertz CT molecular complexity index is 1160. The minimum atomic E-state index is 0.874. The van der Waals surface area contributed by atoms with Crippen LogP contribution >= 0.6 is 58.8 Å². The summed E-state index contributed by atoms with van der Waals surface area (Å²) in [6.07, 6.45) is 2.43. The van der Waals surface area contributed by atoms with Gasteiger partial charge < -0.3 is 0 Å². The maximum absolute atomic E-state index is 4.35. The average molecular weight is 527 g/mol. The van der Waals surface area contributed by atoms with E-state index in [2.05, 4.69) is 66.2 Å². The molecule has 2 aromatic heterocycles. The van der Waals surface area contributed by atoms with Crippen molar-refractivity contribution < 1.29 is 0 Å². The minimum Gasteiger partial charge on any atom is -0.179 e. The molecular formula is C26H26N2S5. The maximum Gasteiger partial charge on any atom is 0.0857 e. The molecule has 7 heteroatoms. The number of rotatable bonds is 11. The molecular weight excluding hydrogens is 501 g/mol. The lowest BCUT2D eigenvalue weighted by Crippen LogP contribution is -1.79. The lowest BCUT2D eigenvalue weighted by Gasteiger charge is -2.00. The van der Waals surface area contributed by atoms with Gasteiger partial charge in [-0.2, -0.15) is 22.9 Å². The van der Waals surface area contributed by atoms with Crippen LogP contribution in [0.3, 0.4) is 0 Å². The number of thiophene rings is 2. The molecule has 0 aliphatic heterocycles. The van der Waals surface area contributed by atoms with E-state index in [1.807, 2.05) is 82.6 Å². The standard InChI is InChI=1S/C26H26N2S5/c1-19-4-8-21(9-5-19)27-28-22-10-6-20(7-11-22)18-31-26-15-13-24(33-26)23-12-14-25(32-23)30-17-3-2-16-29/h4-15,29H,2-3,16-18H2,1H3. The summed E-state index contributed by atoms with van der Waals surface area (Å²) in [4.78, 5) is 2.73. The van der Waals surface area contributed by atoms with Gasteiger partial charge in [-0.3, -0.25) is 0 Å². The summed E-state index contributed by atoms with van der Waals surface area (Å²) in [5, 5.41) is 8.66. The lowest BCUT2D eigenvalue weighted by molar-refractivity contribution is 0.910. The molecule has 0 aliphatic carbocycles. The monoisotopic (exact) mass is 526 g/mol. The molecule has 0 fully saturated rings. The van der Waals surface area contributed by atoms with Crippen LogP contribution in [0.25, 0.3) is 9.75 Å². The smallest absolute Gasteiger partial charge is 0.0857 e. The van der Waals surface area contributed by atoms with E-state index in [1.54, 1.807) is 0 Å². The Morgan fingerprint density at radius 1 is 0.697 bits per heavy atom. The third kappa shape index (κ3) is 7.76. The Morgan fingerprint density at radius 3 is 1.88 bits per heavy atom. The second-order valence-electron chi connectivity index (χ2n) is 7.51. The van der Waals surface area contributed by atoms with Gasteiger partial charge in [0.05, 0.1) is 19.8 Å². The van der Waals surface area contributed by atoms with Gasteiger partial charge in [0.2, 0.25) is 0 Å². The highest BCUT2D eigenvalue weighted by atomic mass is 32.2. The fraction of sp³-hybridized carbons (Fsp3) is 0.231. The molecule has 0 saturated heterocycles. The van der Waals surface area contributed by atoms with Crippen LogP contribution in [0.4, 0.5) is 11.4 Å². The van der Waals surface area contributed by atoms with Crippen molar-refractivity contribution in [2.75, 3.05) is 11.5 Å². The Labute approximate surface area is 218 Å². The molecule has 0 aliphatic rings.